The Hall–Kier alpha value is -1.46. The van der Waals surface area contributed by atoms with Crippen LogP contribution in [0.3, 0.4) is 0 Å². The van der Waals surface area contributed by atoms with Gasteiger partial charge in [0.15, 0.2) is 11.5 Å². The van der Waals surface area contributed by atoms with Crippen LogP contribution in [0.15, 0.2) is 12.1 Å². The van der Waals surface area contributed by atoms with Gasteiger partial charge in [-0.05, 0) is 18.9 Å². The monoisotopic (exact) mass is 265 g/mol. The molecule has 2 N–H and O–H groups in total. The van der Waals surface area contributed by atoms with E-state index in [4.69, 9.17) is 19.3 Å². The quantitative estimate of drug-likeness (QED) is 0.730. The molecule has 0 bridgehead atoms. The number of rotatable bonds is 7. The molecule has 0 radical (unpaired) electrons. The number of hydrogen-bond donors (Lipinski definition) is 2. The van der Waals surface area contributed by atoms with E-state index in [-0.39, 0.29) is 13.4 Å². The summed E-state index contributed by atoms with van der Waals surface area (Å²) in [7, 11) is 0. The molecule has 1 heterocycles. The molecule has 1 aliphatic carbocycles. The van der Waals surface area contributed by atoms with Crippen molar-refractivity contribution in [3.8, 4) is 17.2 Å². The van der Waals surface area contributed by atoms with E-state index in [0.717, 1.165) is 29.4 Å². The number of aliphatic hydroxyl groups is 1. The van der Waals surface area contributed by atoms with Crippen molar-refractivity contribution in [2.45, 2.75) is 31.8 Å². The van der Waals surface area contributed by atoms with Gasteiger partial charge in [-0.2, -0.15) is 0 Å². The van der Waals surface area contributed by atoms with Crippen molar-refractivity contribution < 1.29 is 19.3 Å². The van der Waals surface area contributed by atoms with E-state index < -0.39 is 0 Å². The third kappa shape index (κ3) is 3.11. The first kappa shape index (κ1) is 12.6. The molecule has 5 heteroatoms. The highest BCUT2D eigenvalue weighted by atomic mass is 16.7. The highest BCUT2D eigenvalue weighted by Gasteiger charge is 2.22. The van der Waals surface area contributed by atoms with Gasteiger partial charge in [0.1, 0.15) is 5.75 Å². The number of aliphatic hydroxyl groups excluding tert-OH is 1. The maximum absolute atomic E-state index is 8.82. The normalized spacial score (nSPS) is 16.7. The van der Waals surface area contributed by atoms with Crippen molar-refractivity contribution in [3.63, 3.8) is 0 Å². The Kier molecular flexibility index (Phi) is 3.75. The molecule has 3 rings (SSSR count). The van der Waals surface area contributed by atoms with Gasteiger partial charge in [0, 0.05) is 37.2 Å². The van der Waals surface area contributed by atoms with Crippen molar-refractivity contribution in [2.24, 2.45) is 0 Å². The standard InChI is InChI=1S/C14H19NO4/c16-4-1-5-17-12-7-14-13(18-9-19-14)6-10(12)8-15-11-2-3-11/h6-7,11,15-16H,1-5,8-9H2. The molecule has 0 amide bonds. The molecule has 0 saturated heterocycles. The van der Waals surface area contributed by atoms with Gasteiger partial charge in [-0.1, -0.05) is 0 Å². The second-order valence-electron chi connectivity index (χ2n) is 4.89. The number of benzene rings is 1. The first-order valence-electron chi connectivity index (χ1n) is 6.76. The predicted molar refractivity (Wildman–Crippen MR) is 69.6 cm³/mol. The van der Waals surface area contributed by atoms with Crippen LogP contribution in [-0.4, -0.2) is 31.2 Å². The molecule has 2 aliphatic rings. The summed E-state index contributed by atoms with van der Waals surface area (Å²) in [5, 5.41) is 12.3. The van der Waals surface area contributed by atoms with E-state index in [1.54, 1.807) is 0 Å². The number of hydrogen-bond acceptors (Lipinski definition) is 5. The van der Waals surface area contributed by atoms with Gasteiger partial charge >= 0.3 is 0 Å². The van der Waals surface area contributed by atoms with E-state index >= 15 is 0 Å². The van der Waals surface area contributed by atoms with Crippen LogP contribution >= 0.6 is 0 Å². The maximum atomic E-state index is 8.82. The van der Waals surface area contributed by atoms with Crippen molar-refractivity contribution in [1.29, 1.82) is 0 Å². The zero-order chi connectivity index (χ0) is 13.1. The molecule has 0 spiro atoms. The van der Waals surface area contributed by atoms with E-state index in [0.29, 0.717) is 19.1 Å². The Labute approximate surface area is 112 Å². The lowest BCUT2D eigenvalue weighted by Crippen LogP contribution is -2.16. The average Bonchev–Trinajstić information content (AvgIpc) is 3.14. The Morgan fingerprint density at radius 3 is 2.79 bits per heavy atom. The highest BCUT2D eigenvalue weighted by Crippen LogP contribution is 2.38. The van der Waals surface area contributed by atoms with Crippen molar-refractivity contribution >= 4 is 0 Å². The van der Waals surface area contributed by atoms with Crippen LogP contribution in [0.1, 0.15) is 24.8 Å². The largest absolute Gasteiger partial charge is 0.493 e. The number of nitrogens with one attached hydrogen (secondary N) is 1. The fraction of sp³-hybridized carbons (Fsp3) is 0.571. The molecular formula is C14H19NO4. The summed E-state index contributed by atoms with van der Waals surface area (Å²) in [5.74, 6) is 2.32. The summed E-state index contributed by atoms with van der Waals surface area (Å²) in [4.78, 5) is 0. The second kappa shape index (κ2) is 5.67. The molecule has 104 valence electrons. The first-order chi connectivity index (χ1) is 9.36. The smallest absolute Gasteiger partial charge is 0.231 e. The SMILES string of the molecule is OCCCOc1cc2c(cc1CNC1CC1)OCO2. The minimum absolute atomic E-state index is 0.139. The average molecular weight is 265 g/mol. The lowest BCUT2D eigenvalue weighted by atomic mass is 10.1. The van der Waals surface area contributed by atoms with Crippen LogP contribution in [0.4, 0.5) is 0 Å². The molecule has 1 aromatic rings. The topological polar surface area (TPSA) is 60.0 Å². The molecule has 0 aromatic heterocycles. The van der Waals surface area contributed by atoms with E-state index in [1.807, 2.05) is 12.1 Å². The van der Waals surface area contributed by atoms with Crippen LogP contribution in [0.5, 0.6) is 17.2 Å². The van der Waals surface area contributed by atoms with E-state index in [9.17, 15) is 0 Å². The fourth-order valence-electron chi connectivity index (χ4n) is 2.03. The van der Waals surface area contributed by atoms with Crippen LogP contribution in [0.2, 0.25) is 0 Å². The van der Waals surface area contributed by atoms with Crippen molar-refractivity contribution in [2.75, 3.05) is 20.0 Å². The summed E-state index contributed by atoms with van der Waals surface area (Å²) in [6.45, 7) is 1.69. The summed E-state index contributed by atoms with van der Waals surface area (Å²) >= 11 is 0. The molecule has 0 unspecified atom stereocenters. The Bertz CT molecular complexity index is 445. The lowest BCUT2D eigenvalue weighted by Gasteiger charge is -2.13. The second-order valence-corrected chi connectivity index (χ2v) is 4.89. The summed E-state index contributed by atoms with van der Waals surface area (Å²) < 4.78 is 16.5. The van der Waals surface area contributed by atoms with Gasteiger partial charge in [-0.25, -0.2) is 0 Å². The zero-order valence-corrected chi connectivity index (χ0v) is 10.9. The predicted octanol–water partition coefficient (Wildman–Crippen LogP) is 1.43. The fourth-order valence-corrected chi connectivity index (χ4v) is 2.03. The van der Waals surface area contributed by atoms with Gasteiger partial charge in [0.25, 0.3) is 0 Å². The molecule has 1 aromatic carbocycles. The summed E-state index contributed by atoms with van der Waals surface area (Å²) in [6.07, 6.45) is 3.14. The minimum atomic E-state index is 0.139. The Morgan fingerprint density at radius 2 is 2.05 bits per heavy atom. The molecule has 1 fully saturated rings. The maximum Gasteiger partial charge on any atom is 0.231 e. The zero-order valence-electron chi connectivity index (χ0n) is 10.9. The Balaban J connectivity index is 1.72. The van der Waals surface area contributed by atoms with Gasteiger partial charge in [-0.3, -0.25) is 0 Å². The van der Waals surface area contributed by atoms with Gasteiger partial charge in [-0.15, -0.1) is 0 Å². The van der Waals surface area contributed by atoms with Crippen LogP contribution in [0.25, 0.3) is 0 Å². The van der Waals surface area contributed by atoms with Crippen LogP contribution in [-0.2, 0) is 6.54 Å². The van der Waals surface area contributed by atoms with Crippen molar-refractivity contribution in [1.82, 2.24) is 5.32 Å². The van der Waals surface area contributed by atoms with Crippen LogP contribution < -0.4 is 19.5 Å². The molecule has 19 heavy (non-hydrogen) atoms. The van der Waals surface area contributed by atoms with Gasteiger partial charge in [0.05, 0.1) is 6.61 Å². The highest BCUT2D eigenvalue weighted by molar-refractivity contribution is 5.51. The molecular weight excluding hydrogens is 246 g/mol. The third-order valence-corrected chi connectivity index (χ3v) is 3.27. The molecule has 0 atom stereocenters. The summed E-state index contributed by atoms with van der Waals surface area (Å²) in [6, 6.07) is 4.51. The minimum Gasteiger partial charge on any atom is -0.493 e. The first-order valence-corrected chi connectivity index (χ1v) is 6.76. The number of ether oxygens (including phenoxy) is 3. The Morgan fingerprint density at radius 1 is 1.26 bits per heavy atom. The van der Waals surface area contributed by atoms with Gasteiger partial charge < -0.3 is 24.6 Å². The third-order valence-electron chi connectivity index (χ3n) is 3.27. The van der Waals surface area contributed by atoms with E-state index in [1.165, 1.54) is 12.8 Å². The summed E-state index contributed by atoms with van der Waals surface area (Å²) in [5.41, 5.74) is 1.08. The lowest BCUT2D eigenvalue weighted by molar-refractivity contribution is 0.173. The van der Waals surface area contributed by atoms with Gasteiger partial charge in [0.2, 0.25) is 6.79 Å². The van der Waals surface area contributed by atoms with Crippen LogP contribution in [0, 0.1) is 0 Å². The molecule has 1 saturated carbocycles. The van der Waals surface area contributed by atoms with E-state index in [2.05, 4.69) is 5.32 Å². The number of fused-ring (bicyclic) bond motifs is 1. The molecule has 5 nitrogen and oxygen atoms in total. The van der Waals surface area contributed by atoms with Crippen molar-refractivity contribution in [3.05, 3.63) is 17.7 Å². The molecule has 1 aliphatic heterocycles.